The summed E-state index contributed by atoms with van der Waals surface area (Å²) in [5, 5.41) is 4.56. The summed E-state index contributed by atoms with van der Waals surface area (Å²) in [6, 6.07) is 15.3. The number of methoxy groups -OCH3 is 2. The minimum absolute atomic E-state index is 0.220. The first-order valence-electron chi connectivity index (χ1n) is 11.2. The van der Waals surface area contributed by atoms with Crippen molar-refractivity contribution in [1.29, 1.82) is 0 Å². The highest BCUT2D eigenvalue weighted by molar-refractivity contribution is 7.71. The minimum atomic E-state index is -0.220. The maximum Gasteiger partial charge on any atom is 0.267 e. The van der Waals surface area contributed by atoms with Gasteiger partial charge in [-0.3, -0.25) is 9.78 Å². The highest BCUT2D eigenvalue weighted by atomic mass is 32.1. The molecular weight excluding hydrogens is 476 g/mol. The lowest BCUT2D eigenvalue weighted by atomic mass is 10.1. The van der Waals surface area contributed by atoms with Gasteiger partial charge in [0, 0.05) is 47.8 Å². The molecule has 2 aromatic carbocycles. The van der Waals surface area contributed by atoms with Gasteiger partial charge in [0.15, 0.2) is 11.5 Å². The van der Waals surface area contributed by atoms with E-state index in [1.54, 1.807) is 43.3 Å². The van der Waals surface area contributed by atoms with Gasteiger partial charge in [-0.25, -0.2) is 4.98 Å². The largest absolute Gasteiger partial charge is 0.493 e. The number of amides is 1. The summed E-state index contributed by atoms with van der Waals surface area (Å²) in [6.07, 6.45) is 3.51. The van der Waals surface area contributed by atoms with Gasteiger partial charge in [-0.05, 0) is 59.7 Å². The van der Waals surface area contributed by atoms with Crippen molar-refractivity contribution in [2.75, 3.05) is 26.5 Å². The first-order valence-corrected chi connectivity index (χ1v) is 11.6. The Balaban J connectivity index is 1.32. The lowest BCUT2D eigenvalue weighted by Gasteiger charge is -2.15. The Morgan fingerprint density at radius 1 is 1.06 bits per heavy atom. The number of H-pyrrole nitrogens is 1. The van der Waals surface area contributed by atoms with Gasteiger partial charge in [0.25, 0.3) is 5.91 Å². The van der Waals surface area contributed by atoms with Crippen LogP contribution in [0.15, 0.2) is 60.9 Å². The molecule has 0 aliphatic rings. The average Bonchev–Trinajstić information content (AvgIpc) is 3.34. The summed E-state index contributed by atoms with van der Waals surface area (Å²) >= 11 is 5.45. The Morgan fingerprint density at radius 3 is 2.56 bits per heavy atom. The predicted octanol–water partition coefficient (Wildman–Crippen LogP) is 4.34. The molecule has 1 amide bonds. The molecule has 0 atom stereocenters. The number of hydrogen-bond donors (Lipinski definition) is 3. The zero-order valence-corrected chi connectivity index (χ0v) is 20.6. The van der Waals surface area contributed by atoms with Gasteiger partial charge in [0.05, 0.1) is 19.7 Å². The maximum atomic E-state index is 12.8. The summed E-state index contributed by atoms with van der Waals surface area (Å²) in [5.41, 5.74) is 10.5. The van der Waals surface area contributed by atoms with Crippen LogP contribution >= 0.6 is 12.2 Å². The second kappa shape index (κ2) is 9.67. The summed E-state index contributed by atoms with van der Waals surface area (Å²) in [6.45, 7) is 0.676. The van der Waals surface area contributed by atoms with Gasteiger partial charge >= 0.3 is 0 Å². The van der Waals surface area contributed by atoms with Crippen LogP contribution in [0.4, 0.5) is 5.82 Å². The molecule has 5 aromatic rings. The van der Waals surface area contributed by atoms with Gasteiger partial charge in [0.2, 0.25) is 4.77 Å². The third kappa shape index (κ3) is 4.34. The second-order valence-electron chi connectivity index (χ2n) is 8.13. The lowest BCUT2D eigenvalue weighted by molar-refractivity contribution is 0.0948. The molecular formula is C26H24N6O3S. The van der Waals surface area contributed by atoms with E-state index in [2.05, 4.69) is 20.3 Å². The fourth-order valence-corrected chi connectivity index (χ4v) is 4.44. The van der Waals surface area contributed by atoms with Crippen LogP contribution in [-0.4, -0.2) is 46.2 Å². The molecule has 0 aliphatic carbocycles. The Labute approximate surface area is 211 Å². The topological polar surface area (TPSA) is 120 Å². The normalized spacial score (nSPS) is 11.1. The first-order chi connectivity index (χ1) is 17.5. The van der Waals surface area contributed by atoms with E-state index in [1.807, 2.05) is 36.4 Å². The summed E-state index contributed by atoms with van der Waals surface area (Å²) in [5.74, 6) is 1.31. The lowest BCUT2D eigenvalue weighted by Crippen LogP contribution is -2.28. The molecule has 0 fully saturated rings. The van der Waals surface area contributed by atoms with E-state index in [0.29, 0.717) is 51.8 Å². The van der Waals surface area contributed by atoms with Crippen molar-refractivity contribution in [2.24, 2.45) is 0 Å². The average molecular weight is 501 g/mol. The van der Waals surface area contributed by atoms with E-state index in [-0.39, 0.29) is 5.91 Å². The van der Waals surface area contributed by atoms with E-state index in [4.69, 9.17) is 27.4 Å². The minimum Gasteiger partial charge on any atom is -0.493 e. The fourth-order valence-electron chi connectivity index (χ4n) is 4.15. The summed E-state index contributed by atoms with van der Waals surface area (Å²) in [4.78, 5) is 24.6. The van der Waals surface area contributed by atoms with Crippen LogP contribution in [0.1, 0.15) is 10.5 Å². The van der Waals surface area contributed by atoms with Crippen molar-refractivity contribution in [1.82, 2.24) is 24.8 Å². The number of aromatic nitrogens is 4. The SMILES string of the molecule is COc1cc2nc(=S)n(CCNC(=O)c3cc4cc(-c5ccncc5)ccc4[nH]3)c(N)c2cc1OC. The third-order valence-corrected chi connectivity index (χ3v) is 6.33. The molecule has 0 saturated heterocycles. The number of carbonyl (C=O) groups excluding carboxylic acids is 1. The zero-order valence-electron chi connectivity index (χ0n) is 19.7. The number of hydrogen-bond acceptors (Lipinski definition) is 7. The van der Waals surface area contributed by atoms with Crippen LogP contribution in [0.2, 0.25) is 0 Å². The van der Waals surface area contributed by atoms with Gasteiger partial charge < -0.3 is 30.1 Å². The molecule has 5 rings (SSSR count). The van der Waals surface area contributed by atoms with Gasteiger partial charge in [-0.1, -0.05) is 6.07 Å². The number of aromatic amines is 1. The monoisotopic (exact) mass is 500 g/mol. The number of benzene rings is 2. The van der Waals surface area contributed by atoms with E-state index in [0.717, 1.165) is 22.0 Å². The molecule has 0 saturated carbocycles. The Morgan fingerprint density at radius 2 is 1.81 bits per heavy atom. The molecule has 0 radical (unpaired) electrons. The maximum absolute atomic E-state index is 12.8. The number of ether oxygens (including phenoxy) is 2. The summed E-state index contributed by atoms with van der Waals surface area (Å²) in [7, 11) is 3.11. The Hall–Kier alpha value is -4.44. The van der Waals surface area contributed by atoms with Crippen LogP contribution in [0.3, 0.4) is 0 Å². The zero-order chi connectivity index (χ0) is 25.2. The molecule has 0 unspecified atom stereocenters. The number of nitrogens with two attached hydrogens (primary N) is 1. The van der Waals surface area contributed by atoms with Gasteiger partial charge in [-0.2, -0.15) is 0 Å². The quantitative estimate of drug-likeness (QED) is 0.284. The molecule has 0 bridgehead atoms. The van der Waals surface area contributed by atoms with Crippen molar-refractivity contribution in [2.45, 2.75) is 6.54 Å². The van der Waals surface area contributed by atoms with E-state index < -0.39 is 0 Å². The number of nitrogens with zero attached hydrogens (tertiary/aromatic N) is 3. The van der Waals surface area contributed by atoms with Crippen LogP contribution in [0.5, 0.6) is 11.5 Å². The van der Waals surface area contributed by atoms with Crippen molar-refractivity contribution < 1.29 is 14.3 Å². The van der Waals surface area contributed by atoms with Crippen molar-refractivity contribution in [3.8, 4) is 22.6 Å². The molecule has 10 heteroatoms. The smallest absolute Gasteiger partial charge is 0.267 e. The van der Waals surface area contributed by atoms with Gasteiger partial charge in [0.1, 0.15) is 11.5 Å². The second-order valence-corrected chi connectivity index (χ2v) is 8.50. The number of anilines is 1. The number of rotatable bonds is 7. The molecule has 4 N–H and O–H groups in total. The molecule has 3 heterocycles. The van der Waals surface area contributed by atoms with Crippen LogP contribution in [0, 0.1) is 4.77 Å². The molecule has 0 spiro atoms. The predicted molar refractivity (Wildman–Crippen MR) is 142 cm³/mol. The first kappa shape index (κ1) is 23.3. The number of nitrogens with one attached hydrogen (secondary N) is 2. The highest BCUT2D eigenvalue weighted by Gasteiger charge is 2.14. The Bertz CT molecular complexity index is 1650. The van der Waals surface area contributed by atoms with Crippen molar-refractivity contribution in [3.63, 3.8) is 0 Å². The molecule has 182 valence electrons. The fraction of sp³-hybridized carbons (Fsp3) is 0.154. The standard InChI is InChI=1S/C26H24N6O3S/c1-34-22-13-18-20(14-23(22)35-2)31-26(36)32(24(18)27)10-9-29-25(33)21-12-17-11-16(3-4-19(17)30-21)15-5-7-28-8-6-15/h3-8,11-14,30H,9-10,27H2,1-2H3,(H,29,33). The molecule has 9 nitrogen and oxygen atoms in total. The molecule has 0 aliphatic heterocycles. The number of pyridine rings is 1. The Kier molecular flexibility index (Phi) is 6.26. The van der Waals surface area contributed by atoms with Crippen LogP contribution < -0.4 is 20.5 Å². The molecule has 3 aromatic heterocycles. The van der Waals surface area contributed by atoms with E-state index >= 15 is 0 Å². The van der Waals surface area contributed by atoms with Crippen molar-refractivity contribution in [3.05, 3.63) is 71.4 Å². The van der Waals surface area contributed by atoms with Crippen LogP contribution in [0.25, 0.3) is 32.9 Å². The van der Waals surface area contributed by atoms with E-state index in [1.165, 1.54) is 0 Å². The third-order valence-electron chi connectivity index (χ3n) is 6.02. The number of fused-ring (bicyclic) bond motifs is 2. The van der Waals surface area contributed by atoms with Gasteiger partial charge in [-0.15, -0.1) is 0 Å². The highest BCUT2D eigenvalue weighted by Crippen LogP contribution is 2.33. The van der Waals surface area contributed by atoms with Crippen molar-refractivity contribution >= 4 is 45.7 Å². The number of nitrogen functional groups attached to an aromatic ring is 1. The number of carbonyl (C=O) groups is 1. The summed E-state index contributed by atoms with van der Waals surface area (Å²) < 4.78 is 12.7. The van der Waals surface area contributed by atoms with E-state index in [9.17, 15) is 4.79 Å². The molecule has 36 heavy (non-hydrogen) atoms. The van der Waals surface area contributed by atoms with Crippen LogP contribution in [-0.2, 0) is 6.54 Å².